The summed E-state index contributed by atoms with van der Waals surface area (Å²) in [5.41, 5.74) is 2.36. The number of nitrogens with zero attached hydrogens (tertiary/aromatic N) is 2. The third kappa shape index (κ3) is 2.86. The molecule has 0 aliphatic carbocycles. The minimum atomic E-state index is 0.0232. The lowest BCUT2D eigenvalue weighted by molar-refractivity contribution is 0.133. The van der Waals surface area contributed by atoms with E-state index in [9.17, 15) is 4.79 Å². The fourth-order valence-corrected chi connectivity index (χ4v) is 3.22. The van der Waals surface area contributed by atoms with Crippen LogP contribution in [-0.4, -0.2) is 22.0 Å². The molecule has 22 heavy (non-hydrogen) atoms. The zero-order valence-electron chi connectivity index (χ0n) is 13.2. The van der Waals surface area contributed by atoms with Crippen LogP contribution in [0.2, 0.25) is 0 Å². The maximum atomic E-state index is 12.6. The molecule has 1 aromatic carbocycles. The molecule has 1 aromatic heterocycles. The topological polar surface area (TPSA) is 37.3 Å². The van der Waals surface area contributed by atoms with E-state index in [0.29, 0.717) is 12.5 Å². The van der Waals surface area contributed by atoms with E-state index in [1.54, 1.807) is 0 Å². The Labute approximate surface area is 131 Å². The van der Waals surface area contributed by atoms with Gasteiger partial charge in [-0.25, -0.2) is 4.79 Å². The zero-order chi connectivity index (χ0) is 15.5. The molecule has 2 amide bonds. The molecule has 2 aromatic rings. The fourth-order valence-electron chi connectivity index (χ4n) is 3.22. The first-order valence-corrected chi connectivity index (χ1v) is 7.90. The van der Waals surface area contributed by atoms with Gasteiger partial charge in [0.25, 0.3) is 0 Å². The molecular weight excluding hydrogens is 274 g/mol. The molecule has 0 unspecified atom stereocenters. The summed E-state index contributed by atoms with van der Waals surface area (Å²) in [5, 5.41) is 3.05. The van der Waals surface area contributed by atoms with Crippen molar-refractivity contribution in [3.63, 3.8) is 0 Å². The van der Waals surface area contributed by atoms with Crippen molar-refractivity contribution in [1.82, 2.24) is 14.8 Å². The molecule has 0 saturated carbocycles. The third-order valence-corrected chi connectivity index (χ3v) is 4.26. The van der Waals surface area contributed by atoms with Gasteiger partial charge in [-0.1, -0.05) is 44.2 Å². The van der Waals surface area contributed by atoms with Gasteiger partial charge < -0.3 is 14.8 Å². The number of benzene rings is 1. The molecule has 0 bridgehead atoms. The van der Waals surface area contributed by atoms with Gasteiger partial charge in [0.05, 0.1) is 6.04 Å². The number of nitrogens with one attached hydrogen (secondary N) is 1. The maximum Gasteiger partial charge on any atom is 0.318 e. The van der Waals surface area contributed by atoms with E-state index in [1.165, 1.54) is 5.69 Å². The summed E-state index contributed by atoms with van der Waals surface area (Å²) < 4.78 is 2.26. The van der Waals surface area contributed by atoms with Crippen molar-refractivity contribution in [2.45, 2.75) is 33.0 Å². The van der Waals surface area contributed by atoms with Crippen LogP contribution in [0, 0.1) is 5.92 Å². The summed E-state index contributed by atoms with van der Waals surface area (Å²) in [7, 11) is 0. The second-order valence-corrected chi connectivity index (χ2v) is 6.15. The Balaban J connectivity index is 1.72. The van der Waals surface area contributed by atoms with Gasteiger partial charge in [-0.3, -0.25) is 0 Å². The first kappa shape index (κ1) is 14.7. The van der Waals surface area contributed by atoms with Gasteiger partial charge in [0, 0.05) is 31.5 Å². The summed E-state index contributed by atoms with van der Waals surface area (Å²) >= 11 is 0. The normalized spacial score (nSPS) is 17.4. The van der Waals surface area contributed by atoms with Crippen molar-refractivity contribution in [1.29, 1.82) is 0 Å². The average Bonchev–Trinajstić information content (AvgIpc) is 3.00. The first-order chi connectivity index (χ1) is 10.7. The number of amides is 2. The number of hydrogen-bond acceptors (Lipinski definition) is 1. The van der Waals surface area contributed by atoms with E-state index in [0.717, 1.165) is 18.7 Å². The molecule has 116 valence electrons. The van der Waals surface area contributed by atoms with E-state index in [-0.39, 0.29) is 12.1 Å². The highest BCUT2D eigenvalue weighted by molar-refractivity contribution is 5.75. The van der Waals surface area contributed by atoms with Crippen LogP contribution in [0.25, 0.3) is 0 Å². The van der Waals surface area contributed by atoms with E-state index in [4.69, 9.17) is 0 Å². The molecule has 0 fully saturated rings. The van der Waals surface area contributed by atoms with Crippen molar-refractivity contribution < 1.29 is 4.79 Å². The van der Waals surface area contributed by atoms with Crippen LogP contribution in [0.15, 0.2) is 48.7 Å². The Morgan fingerprint density at radius 2 is 1.95 bits per heavy atom. The van der Waals surface area contributed by atoms with E-state index < -0.39 is 0 Å². The van der Waals surface area contributed by atoms with Crippen molar-refractivity contribution >= 4 is 6.03 Å². The number of aromatic nitrogens is 1. The number of carbonyl (C=O) groups excluding carboxylic acids is 1. The molecule has 1 aliphatic heterocycles. The minimum Gasteiger partial charge on any atom is -0.348 e. The molecule has 2 heterocycles. The summed E-state index contributed by atoms with van der Waals surface area (Å²) in [6.45, 7) is 6.53. The lowest BCUT2D eigenvalue weighted by Crippen LogP contribution is -2.48. The third-order valence-electron chi connectivity index (χ3n) is 4.26. The standard InChI is InChI=1S/C18H23N3O/c1-14(2)17-16-9-6-10-20(16)11-12-21(17)18(22)19-13-15-7-4-3-5-8-15/h3-10,14,17H,11-13H2,1-2H3,(H,19,22)/t17-/m1/s1. The lowest BCUT2D eigenvalue weighted by atomic mass is 9.97. The van der Waals surface area contributed by atoms with Gasteiger partial charge in [-0.05, 0) is 23.6 Å². The minimum absolute atomic E-state index is 0.0232. The monoisotopic (exact) mass is 297 g/mol. The number of fused-ring (bicyclic) bond motifs is 1. The number of carbonyl (C=O) groups is 1. The Morgan fingerprint density at radius 3 is 2.68 bits per heavy atom. The number of hydrogen-bond donors (Lipinski definition) is 1. The molecule has 4 nitrogen and oxygen atoms in total. The predicted octanol–water partition coefficient (Wildman–Crippen LogP) is 3.41. The molecular formula is C18H23N3O. The second-order valence-electron chi connectivity index (χ2n) is 6.15. The van der Waals surface area contributed by atoms with Gasteiger partial charge in [0.1, 0.15) is 0 Å². The quantitative estimate of drug-likeness (QED) is 0.926. The van der Waals surface area contributed by atoms with Gasteiger partial charge in [0.2, 0.25) is 0 Å². The van der Waals surface area contributed by atoms with Crippen molar-refractivity contribution in [3.8, 4) is 0 Å². The molecule has 3 rings (SSSR count). The first-order valence-electron chi connectivity index (χ1n) is 7.90. The second kappa shape index (κ2) is 6.26. The summed E-state index contributed by atoms with van der Waals surface area (Å²) in [6.07, 6.45) is 2.10. The van der Waals surface area contributed by atoms with Crippen LogP contribution in [0.5, 0.6) is 0 Å². The highest BCUT2D eigenvalue weighted by Crippen LogP contribution is 2.32. The van der Waals surface area contributed by atoms with Gasteiger partial charge in [0.15, 0.2) is 0 Å². The highest BCUT2D eigenvalue weighted by Gasteiger charge is 2.32. The molecule has 1 atom stereocenters. The number of urea groups is 1. The van der Waals surface area contributed by atoms with Gasteiger partial charge >= 0.3 is 6.03 Å². The van der Waals surface area contributed by atoms with Crippen LogP contribution in [0.1, 0.15) is 31.1 Å². The van der Waals surface area contributed by atoms with Crippen LogP contribution < -0.4 is 5.32 Å². The molecule has 1 N–H and O–H groups in total. The summed E-state index contributed by atoms with van der Waals surface area (Å²) in [6, 6.07) is 14.4. The lowest BCUT2D eigenvalue weighted by Gasteiger charge is -2.39. The Morgan fingerprint density at radius 1 is 1.18 bits per heavy atom. The predicted molar refractivity (Wildman–Crippen MR) is 87.4 cm³/mol. The Hall–Kier alpha value is -2.23. The van der Waals surface area contributed by atoms with Crippen LogP contribution in [0.3, 0.4) is 0 Å². The molecule has 4 heteroatoms. The van der Waals surface area contributed by atoms with Gasteiger partial charge in [-0.15, -0.1) is 0 Å². The molecule has 0 radical (unpaired) electrons. The highest BCUT2D eigenvalue weighted by atomic mass is 16.2. The molecule has 0 spiro atoms. The van der Waals surface area contributed by atoms with Crippen LogP contribution in [0.4, 0.5) is 4.79 Å². The van der Waals surface area contributed by atoms with E-state index in [2.05, 4.69) is 42.1 Å². The van der Waals surface area contributed by atoms with Crippen molar-refractivity contribution in [3.05, 3.63) is 59.9 Å². The van der Waals surface area contributed by atoms with Crippen molar-refractivity contribution in [2.24, 2.45) is 5.92 Å². The van der Waals surface area contributed by atoms with E-state index >= 15 is 0 Å². The van der Waals surface area contributed by atoms with E-state index in [1.807, 2.05) is 35.2 Å². The van der Waals surface area contributed by atoms with Crippen LogP contribution in [-0.2, 0) is 13.1 Å². The zero-order valence-corrected chi connectivity index (χ0v) is 13.2. The Bertz CT molecular complexity index is 633. The van der Waals surface area contributed by atoms with Crippen LogP contribution >= 0.6 is 0 Å². The average molecular weight is 297 g/mol. The number of rotatable bonds is 3. The molecule has 0 saturated heterocycles. The summed E-state index contributed by atoms with van der Waals surface area (Å²) in [4.78, 5) is 14.6. The van der Waals surface area contributed by atoms with Crippen molar-refractivity contribution in [2.75, 3.05) is 6.54 Å². The fraction of sp³-hybridized carbons (Fsp3) is 0.389. The SMILES string of the molecule is CC(C)[C@@H]1c2cccn2CCN1C(=O)NCc1ccccc1. The van der Waals surface area contributed by atoms with Gasteiger partial charge in [-0.2, -0.15) is 0 Å². The Kier molecular flexibility index (Phi) is 4.18. The largest absolute Gasteiger partial charge is 0.348 e. The summed E-state index contributed by atoms with van der Waals surface area (Å²) in [5.74, 6) is 0.386. The maximum absolute atomic E-state index is 12.6. The molecule has 1 aliphatic rings. The smallest absolute Gasteiger partial charge is 0.318 e.